The number of carbonyl (C=O) groups is 1. The van der Waals surface area contributed by atoms with Gasteiger partial charge in [-0.25, -0.2) is 9.97 Å². The zero-order chi connectivity index (χ0) is 25.2. The summed E-state index contributed by atoms with van der Waals surface area (Å²) in [6, 6.07) is 8.48. The van der Waals surface area contributed by atoms with Crippen molar-refractivity contribution in [2.75, 3.05) is 18.9 Å². The van der Waals surface area contributed by atoms with E-state index >= 15 is 0 Å². The van der Waals surface area contributed by atoms with E-state index in [1.807, 2.05) is 0 Å². The number of benzene rings is 1. The number of pyridine rings is 2. The first-order valence-electron chi connectivity index (χ1n) is 10.4. The molecule has 12 heteroatoms. The molecule has 35 heavy (non-hydrogen) atoms. The molecule has 4 rings (SSSR count). The van der Waals surface area contributed by atoms with Crippen LogP contribution in [0.2, 0.25) is 0 Å². The molecule has 1 amide bonds. The van der Waals surface area contributed by atoms with Crippen molar-refractivity contribution >= 4 is 33.1 Å². The second kappa shape index (κ2) is 9.92. The number of rotatable bonds is 7. The molecule has 0 unspecified atom stereocenters. The lowest BCUT2D eigenvalue weighted by Gasteiger charge is -2.12. The van der Waals surface area contributed by atoms with Gasteiger partial charge in [-0.2, -0.15) is 17.6 Å². The second-order valence-electron chi connectivity index (χ2n) is 7.74. The molecule has 0 saturated carbocycles. The number of thiazole rings is 1. The summed E-state index contributed by atoms with van der Waals surface area (Å²) in [4.78, 5) is 24.5. The maximum atomic E-state index is 13.6. The summed E-state index contributed by atoms with van der Waals surface area (Å²) in [6.45, 7) is 0.260. The van der Waals surface area contributed by atoms with Crippen molar-refractivity contribution in [3.8, 4) is 10.4 Å². The highest BCUT2D eigenvalue weighted by Crippen LogP contribution is 2.35. The van der Waals surface area contributed by atoms with Gasteiger partial charge in [0.1, 0.15) is 11.4 Å². The van der Waals surface area contributed by atoms with E-state index in [0.29, 0.717) is 32.9 Å². The van der Waals surface area contributed by atoms with E-state index in [0.717, 1.165) is 17.6 Å². The van der Waals surface area contributed by atoms with Crippen LogP contribution in [-0.4, -0.2) is 40.5 Å². The predicted molar refractivity (Wildman–Crippen MR) is 126 cm³/mol. The van der Waals surface area contributed by atoms with Crippen LogP contribution in [0.5, 0.6) is 0 Å². The quantitative estimate of drug-likeness (QED) is 0.257. The smallest absolute Gasteiger partial charge is 0.360 e. The highest BCUT2D eigenvalue weighted by atomic mass is 32.1. The third-order valence-corrected chi connectivity index (χ3v) is 6.21. The van der Waals surface area contributed by atoms with Gasteiger partial charge >= 0.3 is 6.18 Å². The minimum atomic E-state index is -4.50. The lowest BCUT2D eigenvalue weighted by Crippen LogP contribution is -2.31. The Balaban J connectivity index is 1.50. The van der Waals surface area contributed by atoms with Gasteiger partial charge in [-0.15, -0.1) is 0 Å². The third-order valence-electron chi connectivity index (χ3n) is 5.15. The van der Waals surface area contributed by atoms with Crippen molar-refractivity contribution < 1.29 is 22.4 Å². The number of hydrogen-bond acceptors (Lipinski definition) is 7. The fraction of sp³-hybridized carbons (Fsp3) is 0.217. The molecule has 0 aliphatic rings. The average molecular weight is 505 g/mol. The number of nitrogens with one attached hydrogen (secondary N) is 2. The van der Waals surface area contributed by atoms with Gasteiger partial charge in [0, 0.05) is 43.5 Å². The van der Waals surface area contributed by atoms with Crippen LogP contribution in [0, 0.1) is 5.95 Å². The summed E-state index contributed by atoms with van der Waals surface area (Å²) >= 11 is 1.24. The monoisotopic (exact) mass is 504 g/mol. The molecule has 0 spiro atoms. The van der Waals surface area contributed by atoms with Crippen LogP contribution < -0.4 is 16.4 Å². The van der Waals surface area contributed by atoms with E-state index in [2.05, 4.69) is 25.6 Å². The minimum absolute atomic E-state index is 0.203. The first-order chi connectivity index (χ1) is 16.6. The highest BCUT2D eigenvalue weighted by molar-refractivity contribution is 7.19. The van der Waals surface area contributed by atoms with E-state index in [4.69, 9.17) is 5.73 Å². The minimum Gasteiger partial charge on any atom is -0.360 e. The molecule has 0 aliphatic carbocycles. The van der Waals surface area contributed by atoms with Crippen LogP contribution in [0.15, 0.2) is 48.8 Å². The summed E-state index contributed by atoms with van der Waals surface area (Å²) in [5, 5.41) is 7.48. The van der Waals surface area contributed by atoms with E-state index in [9.17, 15) is 22.4 Å². The van der Waals surface area contributed by atoms with Gasteiger partial charge in [0.2, 0.25) is 5.95 Å². The average Bonchev–Trinajstić information content (AvgIpc) is 3.26. The summed E-state index contributed by atoms with van der Waals surface area (Å²) in [5.74, 6) is -0.990. The number of carbonyl (C=O) groups excluding carboxylic acids is 1. The Morgan fingerprint density at radius 2 is 1.91 bits per heavy atom. The first kappa shape index (κ1) is 24.5. The van der Waals surface area contributed by atoms with Gasteiger partial charge in [-0.3, -0.25) is 9.78 Å². The standard InChI is InChI=1S/C23H20F4N6OS/c1-29-21(34)19-20(13-3-4-14-10-31-18(24)8-15(14)7-13)35-22(33-19)32-11-16(28)6-12-2-5-17(30-9-12)23(25,26)27/h2-5,7-10,16H,6,11,28H2,1H3,(H,29,34)(H,32,33)/t16-/m1/s1. The molecular weight excluding hydrogens is 484 g/mol. The molecule has 0 bridgehead atoms. The van der Waals surface area contributed by atoms with Crippen molar-refractivity contribution in [2.24, 2.45) is 5.73 Å². The van der Waals surface area contributed by atoms with Crippen LogP contribution in [0.3, 0.4) is 0 Å². The van der Waals surface area contributed by atoms with Crippen molar-refractivity contribution in [1.29, 1.82) is 0 Å². The van der Waals surface area contributed by atoms with Gasteiger partial charge < -0.3 is 16.4 Å². The number of hydrogen-bond donors (Lipinski definition) is 3. The summed E-state index contributed by atoms with van der Waals surface area (Å²) in [6.07, 6.45) is -1.61. The number of anilines is 1. The van der Waals surface area contributed by atoms with Crippen LogP contribution in [-0.2, 0) is 12.6 Å². The maximum Gasteiger partial charge on any atom is 0.433 e. The van der Waals surface area contributed by atoms with Crippen LogP contribution >= 0.6 is 11.3 Å². The lowest BCUT2D eigenvalue weighted by molar-refractivity contribution is -0.141. The van der Waals surface area contributed by atoms with Crippen LogP contribution in [0.4, 0.5) is 22.7 Å². The van der Waals surface area contributed by atoms with E-state index < -0.39 is 23.9 Å². The Kier molecular flexibility index (Phi) is 6.94. The number of halogens is 4. The predicted octanol–water partition coefficient (Wildman–Crippen LogP) is 4.25. The molecule has 182 valence electrons. The van der Waals surface area contributed by atoms with Crippen molar-refractivity contribution in [3.63, 3.8) is 0 Å². The molecule has 0 saturated heterocycles. The second-order valence-corrected chi connectivity index (χ2v) is 8.74. The zero-order valence-electron chi connectivity index (χ0n) is 18.4. The maximum absolute atomic E-state index is 13.6. The topological polar surface area (TPSA) is 106 Å². The Hall–Kier alpha value is -3.64. The molecule has 7 nitrogen and oxygen atoms in total. The molecule has 1 aromatic carbocycles. The fourth-order valence-corrected chi connectivity index (χ4v) is 4.39. The molecule has 0 radical (unpaired) electrons. The number of alkyl halides is 3. The molecule has 1 atom stereocenters. The number of amides is 1. The highest BCUT2D eigenvalue weighted by Gasteiger charge is 2.32. The summed E-state index contributed by atoms with van der Waals surface area (Å²) < 4.78 is 51.6. The number of nitrogens with two attached hydrogens (primary N) is 1. The Labute approximate surface area is 201 Å². The van der Waals surface area contributed by atoms with Gasteiger partial charge in [0.15, 0.2) is 5.13 Å². The third kappa shape index (κ3) is 5.72. The van der Waals surface area contributed by atoms with E-state index in [1.54, 1.807) is 18.2 Å². The summed E-state index contributed by atoms with van der Waals surface area (Å²) in [7, 11) is 1.49. The molecule has 4 N–H and O–H groups in total. The SMILES string of the molecule is CNC(=O)c1nc(NC[C@H](N)Cc2ccc(C(F)(F)F)nc2)sc1-c1ccc2cnc(F)cc2c1. The molecule has 0 aliphatic heterocycles. The van der Waals surface area contributed by atoms with E-state index in [-0.39, 0.29) is 18.1 Å². The Morgan fingerprint density at radius 1 is 1.11 bits per heavy atom. The number of fused-ring (bicyclic) bond motifs is 1. The zero-order valence-corrected chi connectivity index (χ0v) is 19.2. The Bertz CT molecular complexity index is 1360. The normalized spacial score (nSPS) is 12.5. The molecule has 4 aromatic rings. The van der Waals surface area contributed by atoms with Gasteiger partial charge in [0.25, 0.3) is 5.91 Å². The van der Waals surface area contributed by atoms with Crippen LogP contribution in [0.1, 0.15) is 21.7 Å². The summed E-state index contributed by atoms with van der Waals surface area (Å²) in [5.41, 5.74) is 6.64. The largest absolute Gasteiger partial charge is 0.433 e. The van der Waals surface area contributed by atoms with E-state index in [1.165, 1.54) is 36.7 Å². The number of nitrogens with zero attached hydrogens (tertiary/aromatic N) is 3. The van der Waals surface area contributed by atoms with Gasteiger partial charge in [-0.1, -0.05) is 29.5 Å². The van der Waals surface area contributed by atoms with Crippen molar-refractivity contribution in [3.05, 3.63) is 71.7 Å². The number of aromatic nitrogens is 3. The molecule has 0 fully saturated rings. The molecule has 3 aromatic heterocycles. The first-order valence-corrected chi connectivity index (χ1v) is 11.3. The van der Waals surface area contributed by atoms with Gasteiger partial charge in [0.05, 0.1) is 4.88 Å². The van der Waals surface area contributed by atoms with Crippen molar-refractivity contribution in [1.82, 2.24) is 20.3 Å². The molecule has 3 heterocycles. The Morgan fingerprint density at radius 3 is 2.60 bits per heavy atom. The fourth-order valence-electron chi connectivity index (χ4n) is 3.43. The van der Waals surface area contributed by atoms with Crippen LogP contribution in [0.25, 0.3) is 21.2 Å². The molecular formula is C23H20F4N6OS. The van der Waals surface area contributed by atoms with Crippen molar-refractivity contribution in [2.45, 2.75) is 18.6 Å². The lowest BCUT2D eigenvalue weighted by atomic mass is 10.1. The van der Waals surface area contributed by atoms with Gasteiger partial charge in [-0.05, 0) is 35.1 Å².